The molecule has 35 heavy (non-hydrogen) atoms. The molecule has 2 aromatic carbocycles. The van der Waals surface area contributed by atoms with Crippen molar-refractivity contribution in [2.45, 2.75) is 25.0 Å². The molecule has 184 valence electrons. The highest BCUT2D eigenvalue weighted by atomic mass is 32.2. The third-order valence-electron chi connectivity index (χ3n) is 5.16. The van der Waals surface area contributed by atoms with Crippen molar-refractivity contribution < 1.29 is 19.1 Å². The number of carbonyl (C=O) groups excluding carboxylic acids is 2. The number of nitrogens with zero attached hydrogens (tertiary/aromatic N) is 3. The Morgan fingerprint density at radius 1 is 1.06 bits per heavy atom. The fourth-order valence-electron chi connectivity index (χ4n) is 3.13. The van der Waals surface area contributed by atoms with E-state index < -0.39 is 0 Å². The van der Waals surface area contributed by atoms with Gasteiger partial charge in [0.1, 0.15) is 0 Å². The van der Waals surface area contributed by atoms with Crippen molar-refractivity contribution in [2.24, 2.45) is 7.05 Å². The third kappa shape index (κ3) is 7.35. The van der Waals surface area contributed by atoms with Crippen molar-refractivity contribution in [3.05, 3.63) is 65.5 Å². The van der Waals surface area contributed by atoms with Crippen LogP contribution >= 0.6 is 11.8 Å². The van der Waals surface area contributed by atoms with Crippen molar-refractivity contribution in [1.29, 1.82) is 0 Å². The molecule has 0 atom stereocenters. The first-order chi connectivity index (χ1) is 16.9. The molecule has 0 saturated heterocycles. The van der Waals surface area contributed by atoms with Gasteiger partial charge >= 0.3 is 0 Å². The van der Waals surface area contributed by atoms with Gasteiger partial charge in [-0.25, -0.2) is 0 Å². The van der Waals surface area contributed by atoms with Gasteiger partial charge in [0.05, 0.1) is 26.5 Å². The average Bonchev–Trinajstić information content (AvgIpc) is 3.24. The molecule has 1 aromatic heterocycles. The van der Waals surface area contributed by atoms with Crippen LogP contribution in [0.3, 0.4) is 0 Å². The van der Waals surface area contributed by atoms with Crippen molar-refractivity contribution in [2.75, 3.05) is 25.3 Å². The molecular formula is C25H29N5O4S. The quantitative estimate of drug-likeness (QED) is 0.310. The number of nitrogens with one attached hydrogen (secondary N) is 2. The van der Waals surface area contributed by atoms with Crippen LogP contribution in [0.1, 0.15) is 23.9 Å². The van der Waals surface area contributed by atoms with Gasteiger partial charge in [-0.05, 0) is 47.9 Å². The van der Waals surface area contributed by atoms with E-state index in [4.69, 9.17) is 9.47 Å². The Hall–Kier alpha value is -3.79. The van der Waals surface area contributed by atoms with E-state index in [9.17, 15) is 9.59 Å². The van der Waals surface area contributed by atoms with Crippen molar-refractivity contribution in [3.63, 3.8) is 0 Å². The maximum absolute atomic E-state index is 12.3. The van der Waals surface area contributed by atoms with E-state index in [2.05, 4.69) is 27.8 Å². The first-order valence-electron chi connectivity index (χ1n) is 11.0. The number of aryl methyl sites for hydroxylation is 1. The molecular weight excluding hydrogens is 466 g/mol. The fraction of sp³-hybridized carbons (Fsp3) is 0.280. The Morgan fingerprint density at radius 2 is 1.80 bits per heavy atom. The van der Waals surface area contributed by atoms with Gasteiger partial charge in [-0.15, -0.1) is 10.2 Å². The summed E-state index contributed by atoms with van der Waals surface area (Å²) in [6, 6.07) is 13.2. The monoisotopic (exact) mass is 495 g/mol. The van der Waals surface area contributed by atoms with Crippen LogP contribution in [0.5, 0.6) is 11.5 Å². The first kappa shape index (κ1) is 25.8. The minimum absolute atomic E-state index is 0.127. The largest absolute Gasteiger partial charge is 0.493 e. The molecule has 0 bridgehead atoms. The molecule has 0 radical (unpaired) electrons. The summed E-state index contributed by atoms with van der Waals surface area (Å²) in [6.07, 6.45) is 4.07. The van der Waals surface area contributed by atoms with Gasteiger partial charge in [0, 0.05) is 18.8 Å². The maximum Gasteiger partial charge on any atom is 0.244 e. The fourth-order valence-corrected chi connectivity index (χ4v) is 3.86. The zero-order valence-electron chi connectivity index (χ0n) is 20.2. The smallest absolute Gasteiger partial charge is 0.244 e. The van der Waals surface area contributed by atoms with Gasteiger partial charge in [-0.2, -0.15) is 0 Å². The van der Waals surface area contributed by atoms with Crippen LogP contribution in [-0.4, -0.2) is 46.6 Å². The second-order valence-electron chi connectivity index (χ2n) is 7.51. The minimum atomic E-state index is -0.273. The number of anilines is 1. The Morgan fingerprint density at radius 3 is 2.49 bits per heavy atom. The molecule has 0 fully saturated rings. The molecule has 0 saturated carbocycles. The van der Waals surface area contributed by atoms with Gasteiger partial charge in [-0.3, -0.25) is 9.59 Å². The van der Waals surface area contributed by atoms with Crippen LogP contribution in [0, 0.1) is 0 Å². The van der Waals surface area contributed by atoms with Crippen molar-refractivity contribution in [1.82, 2.24) is 20.1 Å². The predicted octanol–water partition coefficient (Wildman–Crippen LogP) is 3.46. The summed E-state index contributed by atoms with van der Waals surface area (Å²) in [5.74, 6) is 1.58. The van der Waals surface area contributed by atoms with Crippen LogP contribution in [0.15, 0.2) is 53.7 Å². The SMILES string of the molecule is CCc1ccc(NC(=O)CSc2nnc(CNC(=O)C=Cc3ccc(OC)c(OC)c3)n2C)cc1. The number of benzene rings is 2. The lowest BCUT2D eigenvalue weighted by atomic mass is 10.1. The zero-order valence-corrected chi connectivity index (χ0v) is 21.0. The molecule has 0 spiro atoms. The summed E-state index contributed by atoms with van der Waals surface area (Å²) < 4.78 is 12.2. The number of hydrogen-bond donors (Lipinski definition) is 2. The molecule has 10 heteroatoms. The molecule has 9 nitrogen and oxygen atoms in total. The lowest BCUT2D eigenvalue weighted by Gasteiger charge is -2.07. The number of methoxy groups -OCH3 is 2. The van der Waals surface area contributed by atoms with Crippen LogP contribution in [0.2, 0.25) is 0 Å². The summed E-state index contributed by atoms with van der Waals surface area (Å²) in [5, 5.41) is 14.5. The van der Waals surface area contributed by atoms with E-state index in [-0.39, 0.29) is 24.1 Å². The van der Waals surface area contributed by atoms with Crippen LogP contribution < -0.4 is 20.1 Å². The second-order valence-corrected chi connectivity index (χ2v) is 8.45. The summed E-state index contributed by atoms with van der Waals surface area (Å²) in [7, 11) is 4.92. The Bertz CT molecular complexity index is 1190. The predicted molar refractivity (Wildman–Crippen MR) is 137 cm³/mol. The molecule has 2 N–H and O–H groups in total. The Balaban J connectivity index is 1.48. The van der Waals surface area contributed by atoms with Gasteiger partial charge in [-0.1, -0.05) is 36.9 Å². The summed E-state index contributed by atoms with van der Waals surface area (Å²) in [5.41, 5.74) is 2.78. The summed E-state index contributed by atoms with van der Waals surface area (Å²) in [4.78, 5) is 24.5. The van der Waals surface area contributed by atoms with Crippen LogP contribution in [0.25, 0.3) is 6.08 Å². The van der Waals surface area contributed by atoms with E-state index in [1.165, 1.54) is 23.4 Å². The molecule has 2 amide bonds. The van der Waals surface area contributed by atoms with Gasteiger partial charge in [0.25, 0.3) is 0 Å². The topological polar surface area (TPSA) is 107 Å². The number of rotatable bonds is 11. The number of aromatic nitrogens is 3. The average molecular weight is 496 g/mol. The van der Waals surface area contributed by atoms with Crippen molar-refractivity contribution >= 4 is 35.3 Å². The highest BCUT2D eigenvalue weighted by molar-refractivity contribution is 7.99. The number of hydrogen-bond acceptors (Lipinski definition) is 7. The molecule has 0 aliphatic carbocycles. The van der Waals surface area contributed by atoms with Gasteiger partial charge < -0.3 is 24.7 Å². The van der Waals surface area contributed by atoms with E-state index in [1.54, 1.807) is 44.0 Å². The molecule has 0 aliphatic heterocycles. The van der Waals surface area contributed by atoms with E-state index >= 15 is 0 Å². The normalized spacial score (nSPS) is 10.9. The lowest BCUT2D eigenvalue weighted by molar-refractivity contribution is -0.116. The van der Waals surface area contributed by atoms with E-state index in [0.29, 0.717) is 22.5 Å². The molecule has 0 aliphatic rings. The highest BCUT2D eigenvalue weighted by Gasteiger charge is 2.12. The molecule has 3 aromatic rings. The standard InChI is InChI=1S/C25H29N5O4S/c1-5-17-6-10-19(11-7-17)27-24(32)16-35-25-29-28-22(30(25)2)15-26-23(31)13-9-18-8-12-20(33-3)21(14-18)34-4/h6-14H,5,15-16H2,1-4H3,(H,26,31)(H,27,32). The minimum Gasteiger partial charge on any atom is -0.493 e. The summed E-state index contributed by atoms with van der Waals surface area (Å²) >= 11 is 1.28. The third-order valence-corrected chi connectivity index (χ3v) is 6.18. The van der Waals surface area contributed by atoms with E-state index in [1.807, 2.05) is 30.3 Å². The number of carbonyl (C=O) groups is 2. The highest BCUT2D eigenvalue weighted by Crippen LogP contribution is 2.28. The van der Waals surface area contributed by atoms with Crippen LogP contribution in [0.4, 0.5) is 5.69 Å². The van der Waals surface area contributed by atoms with Gasteiger partial charge in [0.2, 0.25) is 11.8 Å². The number of ether oxygens (including phenoxy) is 2. The first-order valence-corrected chi connectivity index (χ1v) is 12.0. The lowest BCUT2D eigenvalue weighted by Crippen LogP contribution is -2.22. The number of thioether (sulfide) groups is 1. The van der Waals surface area contributed by atoms with Crippen molar-refractivity contribution in [3.8, 4) is 11.5 Å². The second kappa shape index (κ2) is 12.6. The zero-order chi connectivity index (χ0) is 25.2. The Labute approximate surface area is 208 Å². The molecule has 1 heterocycles. The number of amides is 2. The molecule has 0 unspecified atom stereocenters. The van der Waals surface area contributed by atoms with Crippen LogP contribution in [-0.2, 0) is 29.6 Å². The summed E-state index contributed by atoms with van der Waals surface area (Å²) in [6.45, 7) is 2.29. The van der Waals surface area contributed by atoms with Gasteiger partial charge in [0.15, 0.2) is 22.5 Å². The Kier molecular flexibility index (Phi) is 9.31. The maximum atomic E-state index is 12.3. The molecule has 3 rings (SSSR count). The van der Waals surface area contributed by atoms with E-state index in [0.717, 1.165) is 17.7 Å².